The van der Waals surface area contributed by atoms with Gasteiger partial charge in [-0.3, -0.25) is 0 Å². The Kier molecular flexibility index (Phi) is 7.67. The first-order valence-electron chi connectivity index (χ1n) is 10.2. The Bertz CT molecular complexity index is 999. The molecule has 0 aliphatic heterocycles. The number of aliphatic carboxylic acids is 1. The average molecular weight is 425 g/mol. The van der Waals surface area contributed by atoms with E-state index >= 15 is 0 Å². The van der Waals surface area contributed by atoms with Gasteiger partial charge in [-0.15, -0.1) is 0 Å². The monoisotopic (exact) mass is 425 g/mol. The van der Waals surface area contributed by atoms with Gasteiger partial charge >= 0.3 is 5.97 Å². The van der Waals surface area contributed by atoms with Gasteiger partial charge in [-0.2, -0.15) is 0 Å². The molecule has 0 spiro atoms. The van der Waals surface area contributed by atoms with Gasteiger partial charge in [-0.1, -0.05) is 24.3 Å². The van der Waals surface area contributed by atoms with Crippen LogP contribution in [0.25, 0.3) is 11.5 Å². The van der Waals surface area contributed by atoms with Crippen molar-refractivity contribution in [3.63, 3.8) is 0 Å². The summed E-state index contributed by atoms with van der Waals surface area (Å²) in [6.07, 6.45) is -0.0611. The Morgan fingerprint density at radius 1 is 1.16 bits per heavy atom. The number of rotatable bonds is 11. The number of hydrogen-bond acceptors (Lipinski definition) is 6. The van der Waals surface area contributed by atoms with E-state index in [1.165, 1.54) is 0 Å². The summed E-state index contributed by atoms with van der Waals surface area (Å²) in [6.45, 7) is 4.39. The lowest BCUT2D eigenvalue weighted by Gasteiger charge is -2.15. The number of carboxylic acid groups (broad SMARTS) is 1. The maximum Gasteiger partial charge on any atom is 0.333 e. The van der Waals surface area contributed by atoms with Crippen molar-refractivity contribution in [2.24, 2.45) is 0 Å². The number of carbonyl (C=O) groups is 1. The van der Waals surface area contributed by atoms with Crippen LogP contribution in [0.15, 0.2) is 52.9 Å². The molecule has 31 heavy (non-hydrogen) atoms. The molecular formula is C24H27NO6. The molecule has 1 heterocycles. The van der Waals surface area contributed by atoms with Crippen LogP contribution in [0.4, 0.5) is 0 Å². The van der Waals surface area contributed by atoms with Gasteiger partial charge in [0.05, 0.1) is 19.4 Å². The topological polar surface area (TPSA) is 91.0 Å². The SMILES string of the molecule is CCO[C@@H](Cc1ccc(OCCc2nc(-c3ccccc3)oc2C)c(OC)c1)C(=O)O. The van der Waals surface area contributed by atoms with Crippen molar-refractivity contribution in [2.75, 3.05) is 20.3 Å². The van der Waals surface area contributed by atoms with Crippen LogP contribution in [0.5, 0.6) is 11.5 Å². The van der Waals surface area contributed by atoms with Crippen molar-refractivity contribution in [1.82, 2.24) is 4.98 Å². The lowest BCUT2D eigenvalue weighted by molar-refractivity contribution is -0.149. The zero-order valence-corrected chi connectivity index (χ0v) is 18.0. The summed E-state index contributed by atoms with van der Waals surface area (Å²) >= 11 is 0. The molecule has 7 heteroatoms. The standard InChI is InChI=1S/C24H27NO6/c1-4-29-22(24(26)27)15-17-10-11-20(21(14-17)28-3)30-13-12-19-16(2)31-23(25-19)18-8-6-5-7-9-18/h5-11,14,22H,4,12-13,15H2,1-3H3,(H,26,27)/t22-/m0/s1. The number of aryl methyl sites for hydroxylation is 1. The van der Waals surface area contributed by atoms with Crippen molar-refractivity contribution < 1.29 is 28.5 Å². The molecule has 1 N–H and O–H groups in total. The highest BCUT2D eigenvalue weighted by Gasteiger charge is 2.19. The van der Waals surface area contributed by atoms with E-state index in [0.717, 1.165) is 22.6 Å². The van der Waals surface area contributed by atoms with E-state index in [0.29, 0.717) is 37.0 Å². The van der Waals surface area contributed by atoms with Crippen LogP contribution < -0.4 is 9.47 Å². The molecule has 0 amide bonds. The molecule has 0 aliphatic rings. The van der Waals surface area contributed by atoms with Gasteiger partial charge in [0.25, 0.3) is 0 Å². The summed E-state index contributed by atoms with van der Waals surface area (Å²) < 4.78 is 22.4. The normalized spacial score (nSPS) is 11.8. The van der Waals surface area contributed by atoms with Gasteiger partial charge < -0.3 is 23.7 Å². The molecule has 0 saturated heterocycles. The van der Waals surface area contributed by atoms with Gasteiger partial charge in [0, 0.05) is 25.0 Å². The van der Waals surface area contributed by atoms with Crippen LogP contribution in [0, 0.1) is 6.92 Å². The van der Waals surface area contributed by atoms with Crippen LogP contribution >= 0.6 is 0 Å². The summed E-state index contributed by atoms with van der Waals surface area (Å²) in [5.41, 5.74) is 2.57. The summed E-state index contributed by atoms with van der Waals surface area (Å²) in [6, 6.07) is 15.1. The van der Waals surface area contributed by atoms with Crippen molar-refractivity contribution in [2.45, 2.75) is 32.8 Å². The number of ether oxygens (including phenoxy) is 3. The molecule has 3 rings (SSSR count). The third kappa shape index (κ3) is 5.86. The van der Waals surface area contributed by atoms with E-state index in [9.17, 15) is 9.90 Å². The van der Waals surface area contributed by atoms with Crippen molar-refractivity contribution in [1.29, 1.82) is 0 Å². The lowest BCUT2D eigenvalue weighted by Crippen LogP contribution is -2.26. The van der Waals surface area contributed by atoms with Crippen LogP contribution in [-0.4, -0.2) is 42.5 Å². The highest BCUT2D eigenvalue weighted by Crippen LogP contribution is 2.29. The first-order valence-corrected chi connectivity index (χ1v) is 10.2. The quantitative estimate of drug-likeness (QED) is 0.489. The summed E-state index contributed by atoms with van der Waals surface area (Å²) in [5.74, 6) is 1.50. The molecule has 0 aliphatic carbocycles. The molecule has 2 aromatic carbocycles. The average Bonchev–Trinajstić information content (AvgIpc) is 3.15. The number of aromatic nitrogens is 1. The predicted molar refractivity (Wildman–Crippen MR) is 116 cm³/mol. The Labute approximate surface area is 181 Å². The number of benzene rings is 2. The first kappa shape index (κ1) is 22.4. The summed E-state index contributed by atoms with van der Waals surface area (Å²) in [4.78, 5) is 15.9. The fourth-order valence-corrected chi connectivity index (χ4v) is 3.21. The fourth-order valence-electron chi connectivity index (χ4n) is 3.21. The van der Waals surface area contributed by atoms with Gasteiger partial charge in [0.15, 0.2) is 17.6 Å². The molecule has 0 saturated carbocycles. The van der Waals surface area contributed by atoms with Crippen LogP contribution in [0.3, 0.4) is 0 Å². The molecule has 0 bridgehead atoms. The van der Waals surface area contributed by atoms with Crippen molar-refractivity contribution >= 4 is 5.97 Å². The third-order valence-corrected chi connectivity index (χ3v) is 4.80. The van der Waals surface area contributed by atoms with Crippen molar-refractivity contribution in [3.05, 3.63) is 65.5 Å². The third-order valence-electron chi connectivity index (χ3n) is 4.80. The second kappa shape index (κ2) is 10.6. The van der Waals surface area contributed by atoms with Gasteiger partial charge in [-0.05, 0) is 43.7 Å². The van der Waals surface area contributed by atoms with Crippen LogP contribution in [0.1, 0.15) is 23.9 Å². The maximum atomic E-state index is 11.3. The van der Waals surface area contributed by atoms with E-state index in [-0.39, 0.29) is 6.42 Å². The fraction of sp³-hybridized carbons (Fsp3) is 0.333. The summed E-state index contributed by atoms with van der Waals surface area (Å²) in [7, 11) is 1.55. The molecule has 3 aromatic rings. The molecule has 0 unspecified atom stereocenters. The van der Waals surface area contributed by atoms with E-state index in [2.05, 4.69) is 4.98 Å². The van der Waals surface area contributed by atoms with E-state index < -0.39 is 12.1 Å². The Balaban J connectivity index is 1.63. The van der Waals surface area contributed by atoms with Crippen molar-refractivity contribution in [3.8, 4) is 23.0 Å². The highest BCUT2D eigenvalue weighted by atomic mass is 16.5. The number of methoxy groups -OCH3 is 1. The van der Waals surface area contributed by atoms with Gasteiger partial charge in [-0.25, -0.2) is 9.78 Å². The van der Waals surface area contributed by atoms with Crippen LogP contribution in [-0.2, 0) is 22.4 Å². The number of carboxylic acids is 1. The molecule has 1 atom stereocenters. The van der Waals surface area contributed by atoms with Crippen LogP contribution in [0.2, 0.25) is 0 Å². The van der Waals surface area contributed by atoms with Gasteiger partial charge in [0.2, 0.25) is 5.89 Å². The summed E-state index contributed by atoms with van der Waals surface area (Å²) in [5, 5.41) is 9.27. The minimum Gasteiger partial charge on any atom is -0.493 e. The largest absolute Gasteiger partial charge is 0.493 e. The van der Waals surface area contributed by atoms with Gasteiger partial charge in [0.1, 0.15) is 5.76 Å². The molecular weight excluding hydrogens is 398 g/mol. The second-order valence-electron chi connectivity index (χ2n) is 6.96. The minimum atomic E-state index is -0.987. The number of oxazole rings is 1. The molecule has 0 fully saturated rings. The van der Waals surface area contributed by atoms with E-state index in [1.54, 1.807) is 26.2 Å². The first-order chi connectivity index (χ1) is 15.0. The maximum absolute atomic E-state index is 11.3. The Morgan fingerprint density at radius 2 is 1.94 bits per heavy atom. The zero-order valence-electron chi connectivity index (χ0n) is 18.0. The second-order valence-corrected chi connectivity index (χ2v) is 6.96. The molecule has 7 nitrogen and oxygen atoms in total. The highest BCUT2D eigenvalue weighted by molar-refractivity contribution is 5.72. The number of nitrogens with zero attached hydrogens (tertiary/aromatic N) is 1. The lowest BCUT2D eigenvalue weighted by atomic mass is 10.1. The Morgan fingerprint density at radius 3 is 2.61 bits per heavy atom. The zero-order chi connectivity index (χ0) is 22.2. The van der Waals surface area contributed by atoms with E-state index in [1.807, 2.05) is 43.3 Å². The molecule has 164 valence electrons. The Hall–Kier alpha value is -3.32. The predicted octanol–water partition coefficient (Wildman–Crippen LogP) is 4.31. The minimum absolute atomic E-state index is 0.250. The number of hydrogen-bond donors (Lipinski definition) is 1. The molecule has 1 aromatic heterocycles. The van der Waals surface area contributed by atoms with E-state index in [4.69, 9.17) is 18.6 Å². The molecule has 0 radical (unpaired) electrons. The smallest absolute Gasteiger partial charge is 0.333 e.